The molecular formula is C13H21N3O4S2. The molecular weight excluding hydrogens is 326 g/mol. The summed E-state index contributed by atoms with van der Waals surface area (Å²) < 4.78 is 22.7. The number of nitrogens with zero attached hydrogens (tertiary/aromatic N) is 2. The molecule has 0 saturated carbocycles. The average Bonchev–Trinajstić information content (AvgIpc) is 2.79. The topological polar surface area (TPSA) is 101 Å². The molecule has 0 bridgehead atoms. The van der Waals surface area contributed by atoms with E-state index in [1.54, 1.807) is 21.0 Å². The third-order valence-electron chi connectivity index (χ3n) is 2.98. The first-order valence-corrected chi connectivity index (χ1v) is 9.06. The third-order valence-corrected chi connectivity index (χ3v) is 5.62. The number of nitrogens with two attached hydrogens (primary N) is 1. The normalized spacial score (nSPS) is 11.3. The van der Waals surface area contributed by atoms with E-state index in [1.165, 1.54) is 15.9 Å². The number of amides is 2. The van der Waals surface area contributed by atoms with Crippen LogP contribution in [0.25, 0.3) is 0 Å². The lowest BCUT2D eigenvalue weighted by Gasteiger charge is -2.23. The SMILES string of the molecule is CCCN(CC(=O)N(C)C)C(=O)c1sc(S(N)(=O)=O)cc1C. The highest BCUT2D eigenvalue weighted by molar-refractivity contribution is 7.91. The number of sulfonamides is 1. The van der Waals surface area contributed by atoms with Crippen LogP contribution in [0.5, 0.6) is 0 Å². The summed E-state index contributed by atoms with van der Waals surface area (Å²) in [6.07, 6.45) is 0.693. The van der Waals surface area contributed by atoms with E-state index in [4.69, 9.17) is 5.14 Å². The van der Waals surface area contributed by atoms with E-state index >= 15 is 0 Å². The van der Waals surface area contributed by atoms with Gasteiger partial charge in [0.15, 0.2) is 0 Å². The van der Waals surface area contributed by atoms with E-state index in [0.29, 0.717) is 23.4 Å². The van der Waals surface area contributed by atoms with Crippen LogP contribution in [0.15, 0.2) is 10.3 Å². The molecule has 9 heteroatoms. The number of likely N-dealkylation sites (N-methyl/N-ethyl adjacent to an activating group) is 1. The lowest BCUT2D eigenvalue weighted by Crippen LogP contribution is -2.40. The van der Waals surface area contributed by atoms with E-state index in [-0.39, 0.29) is 22.6 Å². The van der Waals surface area contributed by atoms with Crippen molar-refractivity contribution in [2.45, 2.75) is 24.5 Å². The van der Waals surface area contributed by atoms with E-state index in [2.05, 4.69) is 0 Å². The molecule has 1 heterocycles. The summed E-state index contributed by atoms with van der Waals surface area (Å²) in [4.78, 5) is 27.5. The van der Waals surface area contributed by atoms with Gasteiger partial charge in [0.05, 0.1) is 4.88 Å². The highest BCUT2D eigenvalue weighted by atomic mass is 32.2. The summed E-state index contributed by atoms with van der Waals surface area (Å²) in [6, 6.07) is 1.38. The van der Waals surface area contributed by atoms with Crippen LogP contribution in [0, 0.1) is 6.92 Å². The Morgan fingerprint density at radius 3 is 2.32 bits per heavy atom. The number of rotatable bonds is 6. The molecule has 0 spiro atoms. The molecule has 0 unspecified atom stereocenters. The van der Waals surface area contributed by atoms with Crippen molar-refractivity contribution in [2.24, 2.45) is 5.14 Å². The molecule has 1 aromatic rings. The van der Waals surface area contributed by atoms with Gasteiger partial charge in [-0.05, 0) is 25.0 Å². The molecule has 0 radical (unpaired) electrons. The second-order valence-corrected chi connectivity index (χ2v) is 7.98. The predicted molar refractivity (Wildman–Crippen MR) is 85.3 cm³/mol. The fraction of sp³-hybridized carbons (Fsp3) is 0.538. The van der Waals surface area contributed by atoms with Crippen molar-refractivity contribution in [1.82, 2.24) is 9.80 Å². The number of thiophene rings is 1. The van der Waals surface area contributed by atoms with Crippen molar-refractivity contribution in [3.8, 4) is 0 Å². The van der Waals surface area contributed by atoms with Crippen LogP contribution < -0.4 is 5.14 Å². The highest BCUT2D eigenvalue weighted by Crippen LogP contribution is 2.26. The zero-order chi connectivity index (χ0) is 17.1. The van der Waals surface area contributed by atoms with Crippen molar-refractivity contribution in [3.05, 3.63) is 16.5 Å². The molecule has 1 rings (SSSR count). The Hall–Kier alpha value is -1.45. The Morgan fingerprint density at radius 2 is 1.91 bits per heavy atom. The summed E-state index contributed by atoms with van der Waals surface area (Å²) in [5, 5.41) is 5.09. The van der Waals surface area contributed by atoms with Gasteiger partial charge in [-0.2, -0.15) is 0 Å². The molecule has 2 amide bonds. The van der Waals surface area contributed by atoms with Gasteiger partial charge in [-0.1, -0.05) is 6.92 Å². The summed E-state index contributed by atoms with van der Waals surface area (Å²) in [7, 11) is -0.605. The van der Waals surface area contributed by atoms with Gasteiger partial charge in [-0.3, -0.25) is 9.59 Å². The second-order valence-electron chi connectivity index (χ2n) is 5.14. The molecule has 0 saturated heterocycles. The first-order valence-electron chi connectivity index (χ1n) is 6.70. The maximum Gasteiger partial charge on any atom is 0.264 e. The van der Waals surface area contributed by atoms with Crippen molar-refractivity contribution >= 4 is 33.2 Å². The molecule has 2 N–H and O–H groups in total. The van der Waals surface area contributed by atoms with Crippen LogP contribution in [0.4, 0.5) is 0 Å². The van der Waals surface area contributed by atoms with Gasteiger partial charge in [0.25, 0.3) is 5.91 Å². The molecule has 124 valence electrons. The minimum absolute atomic E-state index is 0.0400. The average molecular weight is 347 g/mol. The van der Waals surface area contributed by atoms with Gasteiger partial charge in [0, 0.05) is 20.6 Å². The molecule has 7 nitrogen and oxygen atoms in total. The van der Waals surface area contributed by atoms with Crippen LogP contribution in [0.2, 0.25) is 0 Å². The fourth-order valence-electron chi connectivity index (χ4n) is 1.78. The Morgan fingerprint density at radius 1 is 1.32 bits per heavy atom. The summed E-state index contributed by atoms with van der Waals surface area (Å²) in [6.45, 7) is 3.93. The Kier molecular flexibility index (Phi) is 6.09. The lowest BCUT2D eigenvalue weighted by atomic mass is 10.2. The smallest absolute Gasteiger partial charge is 0.264 e. The van der Waals surface area contributed by atoms with Gasteiger partial charge < -0.3 is 9.80 Å². The Balaban J connectivity index is 3.09. The molecule has 0 aliphatic heterocycles. The van der Waals surface area contributed by atoms with Gasteiger partial charge in [0.2, 0.25) is 15.9 Å². The molecule has 0 aromatic carbocycles. The molecule has 0 atom stereocenters. The summed E-state index contributed by atoms with van der Waals surface area (Å²) in [5.74, 6) is -0.544. The largest absolute Gasteiger partial charge is 0.347 e. The van der Waals surface area contributed by atoms with E-state index < -0.39 is 10.0 Å². The van der Waals surface area contributed by atoms with Gasteiger partial charge in [-0.15, -0.1) is 11.3 Å². The van der Waals surface area contributed by atoms with Crippen molar-refractivity contribution in [3.63, 3.8) is 0 Å². The number of hydrogen-bond acceptors (Lipinski definition) is 5. The van der Waals surface area contributed by atoms with Crippen LogP contribution in [-0.2, 0) is 14.8 Å². The predicted octanol–water partition coefficient (Wildman–Crippen LogP) is 0.644. The van der Waals surface area contributed by atoms with Gasteiger partial charge in [0.1, 0.15) is 10.8 Å². The number of hydrogen-bond donors (Lipinski definition) is 1. The maximum absolute atomic E-state index is 12.6. The lowest BCUT2D eigenvalue weighted by molar-refractivity contribution is -0.129. The van der Waals surface area contributed by atoms with Crippen molar-refractivity contribution in [1.29, 1.82) is 0 Å². The highest BCUT2D eigenvalue weighted by Gasteiger charge is 2.24. The minimum atomic E-state index is -3.84. The fourth-order valence-corrected chi connectivity index (χ4v) is 3.70. The zero-order valence-electron chi connectivity index (χ0n) is 13.1. The summed E-state index contributed by atoms with van der Waals surface area (Å²) in [5.41, 5.74) is 0.539. The molecule has 0 aliphatic carbocycles. The Bertz CT molecular complexity index is 665. The first-order chi connectivity index (χ1) is 10.1. The van der Waals surface area contributed by atoms with Crippen LogP contribution in [0.1, 0.15) is 28.6 Å². The van der Waals surface area contributed by atoms with Crippen molar-refractivity contribution in [2.75, 3.05) is 27.2 Å². The van der Waals surface area contributed by atoms with E-state index in [0.717, 1.165) is 11.3 Å². The monoisotopic (exact) mass is 347 g/mol. The van der Waals surface area contributed by atoms with Gasteiger partial charge in [-0.25, -0.2) is 13.6 Å². The number of carbonyl (C=O) groups is 2. The standard InChI is InChI=1S/C13H21N3O4S2/c1-5-6-16(8-10(17)15(3)4)13(18)12-9(2)7-11(21-12)22(14,19)20/h7H,5-6,8H2,1-4H3,(H2,14,19,20). The number of aryl methyl sites for hydroxylation is 1. The minimum Gasteiger partial charge on any atom is -0.347 e. The molecule has 1 aromatic heterocycles. The molecule has 22 heavy (non-hydrogen) atoms. The van der Waals surface area contributed by atoms with Crippen LogP contribution >= 0.6 is 11.3 Å². The van der Waals surface area contributed by atoms with Gasteiger partial charge >= 0.3 is 0 Å². The van der Waals surface area contributed by atoms with Crippen LogP contribution in [-0.4, -0.2) is 57.2 Å². The molecule has 0 aliphatic rings. The summed E-state index contributed by atoms with van der Waals surface area (Å²) >= 11 is 0.835. The first kappa shape index (κ1) is 18.6. The molecule has 0 fully saturated rings. The van der Waals surface area contributed by atoms with Crippen molar-refractivity contribution < 1.29 is 18.0 Å². The quantitative estimate of drug-likeness (QED) is 0.816. The maximum atomic E-state index is 12.6. The second kappa shape index (κ2) is 7.21. The Labute approximate surface area is 134 Å². The van der Waals surface area contributed by atoms with Crippen LogP contribution in [0.3, 0.4) is 0 Å². The van der Waals surface area contributed by atoms with E-state index in [9.17, 15) is 18.0 Å². The van der Waals surface area contributed by atoms with E-state index in [1.807, 2.05) is 6.92 Å². The zero-order valence-corrected chi connectivity index (χ0v) is 14.8. The number of primary sulfonamides is 1. The number of carbonyl (C=O) groups excluding carboxylic acids is 2. The third kappa shape index (κ3) is 4.52.